The van der Waals surface area contributed by atoms with E-state index in [2.05, 4.69) is 5.32 Å². The van der Waals surface area contributed by atoms with Crippen LogP contribution >= 0.6 is 0 Å². The minimum absolute atomic E-state index is 0.0125. The molecule has 5 N–H and O–H groups in total. The lowest BCUT2D eigenvalue weighted by Crippen LogP contribution is -2.47. The number of aliphatic hydroxyl groups is 1. The van der Waals surface area contributed by atoms with Crippen LogP contribution in [0.5, 0.6) is 0 Å². The van der Waals surface area contributed by atoms with Crippen LogP contribution in [-0.4, -0.2) is 40.3 Å². The van der Waals surface area contributed by atoms with Crippen molar-refractivity contribution in [3.05, 3.63) is 0 Å². The standard InChI is InChI=1S/C11H20N2O4/c12-11(4-1-2-5-11)7-9(15)13-8(3-6-14)10(16)17/h8,14H,1-7,12H2,(H,13,15)(H,16,17). The van der Waals surface area contributed by atoms with E-state index in [1.807, 2.05) is 0 Å². The van der Waals surface area contributed by atoms with Gasteiger partial charge in [-0.2, -0.15) is 0 Å². The Labute approximate surface area is 100 Å². The van der Waals surface area contributed by atoms with Gasteiger partial charge in [0.05, 0.1) is 0 Å². The zero-order chi connectivity index (χ0) is 12.9. The number of carboxylic acid groups (broad SMARTS) is 1. The smallest absolute Gasteiger partial charge is 0.326 e. The molecule has 1 aliphatic carbocycles. The second kappa shape index (κ2) is 5.97. The normalized spacial score (nSPS) is 19.9. The molecule has 0 aromatic carbocycles. The van der Waals surface area contributed by atoms with Crippen molar-refractivity contribution in [1.82, 2.24) is 5.32 Å². The molecule has 1 rings (SSSR count). The molecule has 0 heterocycles. The van der Waals surface area contributed by atoms with Gasteiger partial charge in [-0.15, -0.1) is 0 Å². The molecular formula is C11H20N2O4. The molecule has 1 fully saturated rings. The summed E-state index contributed by atoms with van der Waals surface area (Å²) >= 11 is 0. The molecule has 6 heteroatoms. The highest BCUT2D eigenvalue weighted by Gasteiger charge is 2.32. The number of nitrogens with one attached hydrogen (secondary N) is 1. The van der Waals surface area contributed by atoms with Gasteiger partial charge in [-0.05, 0) is 12.8 Å². The molecule has 1 unspecified atom stereocenters. The summed E-state index contributed by atoms with van der Waals surface area (Å²) in [6.07, 6.45) is 3.81. The van der Waals surface area contributed by atoms with Crippen LogP contribution in [0.1, 0.15) is 38.5 Å². The van der Waals surface area contributed by atoms with E-state index < -0.39 is 17.6 Å². The molecule has 6 nitrogen and oxygen atoms in total. The van der Waals surface area contributed by atoms with Gasteiger partial charge in [0.15, 0.2) is 0 Å². The van der Waals surface area contributed by atoms with Crippen molar-refractivity contribution >= 4 is 11.9 Å². The number of amides is 1. The summed E-state index contributed by atoms with van der Waals surface area (Å²) in [6, 6.07) is -1.03. The first-order valence-electron chi connectivity index (χ1n) is 5.89. The van der Waals surface area contributed by atoms with E-state index in [0.717, 1.165) is 25.7 Å². The summed E-state index contributed by atoms with van der Waals surface area (Å²) in [5, 5.41) is 19.9. The van der Waals surface area contributed by atoms with Crippen molar-refractivity contribution in [2.75, 3.05) is 6.61 Å². The molecule has 1 aliphatic rings. The minimum Gasteiger partial charge on any atom is -0.480 e. The van der Waals surface area contributed by atoms with Gasteiger partial charge in [-0.3, -0.25) is 4.79 Å². The Morgan fingerprint density at radius 1 is 1.35 bits per heavy atom. The number of carboxylic acids is 1. The summed E-state index contributed by atoms with van der Waals surface area (Å²) in [4.78, 5) is 22.4. The molecule has 0 aromatic rings. The van der Waals surface area contributed by atoms with Crippen molar-refractivity contribution in [3.8, 4) is 0 Å². The van der Waals surface area contributed by atoms with Gasteiger partial charge in [0, 0.05) is 25.0 Å². The van der Waals surface area contributed by atoms with Crippen LogP contribution in [0, 0.1) is 0 Å². The molecule has 1 saturated carbocycles. The van der Waals surface area contributed by atoms with E-state index in [9.17, 15) is 9.59 Å². The second-order valence-electron chi connectivity index (χ2n) is 4.72. The molecule has 98 valence electrons. The summed E-state index contributed by atoms with van der Waals surface area (Å²) in [5.41, 5.74) is 5.55. The first-order chi connectivity index (χ1) is 7.97. The van der Waals surface area contributed by atoms with E-state index in [-0.39, 0.29) is 25.4 Å². The van der Waals surface area contributed by atoms with Gasteiger partial charge < -0.3 is 21.3 Å². The van der Waals surface area contributed by atoms with Crippen LogP contribution in [0.25, 0.3) is 0 Å². The van der Waals surface area contributed by atoms with Crippen LogP contribution < -0.4 is 11.1 Å². The average Bonchev–Trinajstić information content (AvgIpc) is 2.63. The SMILES string of the molecule is NC1(CC(=O)NC(CCO)C(=O)O)CCCC1. The van der Waals surface area contributed by atoms with Crippen LogP contribution in [-0.2, 0) is 9.59 Å². The number of rotatable bonds is 6. The zero-order valence-electron chi connectivity index (χ0n) is 9.82. The highest BCUT2D eigenvalue weighted by molar-refractivity contribution is 5.84. The third kappa shape index (κ3) is 4.32. The number of aliphatic hydroxyl groups excluding tert-OH is 1. The Bertz CT molecular complexity index is 287. The third-order valence-corrected chi connectivity index (χ3v) is 3.16. The summed E-state index contributed by atoms with van der Waals surface area (Å²) in [6.45, 7) is -0.273. The minimum atomic E-state index is -1.13. The molecule has 0 saturated heterocycles. The maximum atomic E-state index is 11.7. The topological polar surface area (TPSA) is 113 Å². The van der Waals surface area contributed by atoms with Crippen LogP contribution in [0.4, 0.5) is 0 Å². The fraction of sp³-hybridized carbons (Fsp3) is 0.818. The monoisotopic (exact) mass is 244 g/mol. The van der Waals surface area contributed by atoms with Crippen molar-refractivity contribution in [3.63, 3.8) is 0 Å². The number of nitrogens with two attached hydrogens (primary N) is 1. The van der Waals surface area contributed by atoms with Crippen molar-refractivity contribution in [2.24, 2.45) is 5.73 Å². The first kappa shape index (κ1) is 13.9. The van der Waals surface area contributed by atoms with Crippen molar-refractivity contribution in [2.45, 2.75) is 50.1 Å². The fourth-order valence-electron chi connectivity index (χ4n) is 2.21. The number of carbonyl (C=O) groups is 2. The number of hydrogen-bond donors (Lipinski definition) is 4. The number of carbonyl (C=O) groups excluding carboxylic acids is 1. The molecule has 0 bridgehead atoms. The van der Waals surface area contributed by atoms with E-state index in [1.54, 1.807) is 0 Å². The van der Waals surface area contributed by atoms with E-state index in [4.69, 9.17) is 15.9 Å². The summed E-state index contributed by atoms with van der Waals surface area (Å²) < 4.78 is 0. The molecule has 0 radical (unpaired) electrons. The molecule has 17 heavy (non-hydrogen) atoms. The van der Waals surface area contributed by atoms with Crippen molar-refractivity contribution in [1.29, 1.82) is 0 Å². The largest absolute Gasteiger partial charge is 0.480 e. The number of hydrogen-bond acceptors (Lipinski definition) is 4. The molecule has 1 atom stereocenters. The maximum absolute atomic E-state index is 11.7. The zero-order valence-corrected chi connectivity index (χ0v) is 9.82. The van der Waals surface area contributed by atoms with Gasteiger partial charge in [0.25, 0.3) is 0 Å². The number of aliphatic carboxylic acids is 1. The van der Waals surface area contributed by atoms with Gasteiger partial charge >= 0.3 is 5.97 Å². The molecule has 0 aromatic heterocycles. The Balaban J connectivity index is 2.44. The molecular weight excluding hydrogens is 224 g/mol. The Morgan fingerprint density at radius 3 is 2.41 bits per heavy atom. The second-order valence-corrected chi connectivity index (χ2v) is 4.72. The lowest BCUT2D eigenvalue weighted by Gasteiger charge is -2.23. The van der Waals surface area contributed by atoms with Gasteiger partial charge in [-0.25, -0.2) is 4.79 Å². The highest BCUT2D eigenvalue weighted by atomic mass is 16.4. The summed E-state index contributed by atoms with van der Waals surface area (Å²) in [7, 11) is 0. The highest BCUT2D eigenvalue weighted by Crippen LogP contribution is 2.29. The van der Waals surface area contributed by atoms with Gasteiger partial charge in [0.1, 0.15) is 6.04 Å². The van der Waals surface area contributed by atoms with E-state index >= 15 is 0 Å². The third-order valence-electron chi connectivity index (χ3n) is 3.16. The quantitative estimate of drug-likeness (QED) is 0.508. The Kier molecular flexibility index (Phi) is 4.89. The van der Waals surface area contributed by atoms with Crippen LogP contribution in [0.2, 0.25) is 0 Å². The van der Waals surface area contributed by atoms with E-state index in [0.29, 0.717) is 0 Å². The first-order valence-corrected chi connectivity index (χ1v) is 5.89. The Hall–Kier alpha value is -1.14. The predicted molar refractivity (Wildman–Crippen MR) is 61.3 cm³/mol. The fourth-order valence-corrected chi connectivity index (χ4v) is 2.21. The maximum Gasteiger partial charge on any atom is 0.326 e. The van der Waals surface area contributed by atoms with Gasteiger partial charge in [-0.1, -0.05) is 12.8 Å². The lowest BCUT2D eigenvalue weighted by molar-refractivity contribution is -0.142. The molecule has 1 amide bonds. The predicted octanol–water partition coefficient (Wildman–Crippen LogP) is -0.400. The summed E-state index contributed by atoms with van der Waals surface area (Å²) in [5.74, 6) is -1.49. The lowest BCUT2D eigenvalue weighted by atomic mass is 9.94. The van der Waals surface area contributed by atoms with Gasteiger partial charge in [0.2, 0.25) is 5.91 Å². The van der Waals surface area contributed by atoms with Crippen LogP contribution in [0.3, 0.4) is 0 Å². The van der Waals surface area contributed by atoms with Crippen LogP contribution in [0.15, 0.2) is 0 Å². The van der Waals surface area contributed by atoms with E-state index in [1.165, 1.54) is 0 Å². The van der Waals surface area contributed by atoms with Crippen molar-refractivity contribution < 1.29 is 19.8 Å². The molecule has 0 spiro atoms. The average molecular weight is 244 g/mol. The molecule has 0 aliphatic heterocycles. The Morgan fingerprint density at radius 2 is 1.94 bits per heavy atom.